The molecule has 0 saturated carbocycles. The first-order valence-electron chi connectivity index (χ1n) is 17.6. The monoisotopic (exact) mass is 715 g/mol. The van der Waals surface area contributed by atoms with E-state index in [1.165, 1.54) is 32.4 Å². The molecule has 6 aromatic rings. The summed E-state index contributed by atoms with van der Waals surface area (Å²) in [6, 6.07) is 30.6. The number of phenolic OH excluding ortho intramolecular Hbond substituents is 3. The Bertz CT molecular complexity index is 2170. The van der Waals surface area contributed by atoms with Gasteiger partial charge in [-0.05, 0) is 100 Å². The number of hydrogen-bond acceptors (Lipinski definition) is 8. The van der Waals surface area contributed by atoms with Gasteiger partial charge in [0.25, 0.3) is 0 Å². The number of Topliss-reactive ketones (excluding diaryl/α,β-unsaturated/α-hetero) is 1. The number of aliphatic hydroxyl groups is 2. The third kappa shape index (κ3) is 8.01. The molecule has 6 N–H and O–H groups in total. The van der Waals surface area contributed by atoms with Crippen LogP contribution in [-0.4, -0.2) is 63.2 Å². The van der Waals surface area contributed by atoms with E-state index in [0.717, 1.165) is 33.0 Å². The van der Waals surface area contributed by atoms with E-state index in [9.17, 15) is 30.3 Å². The number of aromatic amines is 1. The highest BCUT2D eigenvalue weighted by Crippen LogP contribution is 2.39. The van der Waals surface area contributed by atoms with Crippen LogP contribution >= 0.6 is 0 Å². The molecule has 3 atom stereocenters. The third-order valence-corrected chi connectivity index (χ3v) is 10.3. The van der Waals surface area contributed by atoms with Gasteiger partial charge in [-0.25, -0.2) is 0 Å². The number of aliphatic hydroxyl groups excluding tert-OH is 2. The summed E-state index contributed by atoms with van der Waals surface area (Å²) in [7, 11) is 2.95. The maximum Gasteiger partial charge on any atom is 0.164 e. The lowest BCUT2D eigenvalue weighted by Crippen LogP contribution is -2.44. The van der Waals surface area contributed by atoms with Gasteiger partial charge >= 0.3 is 0 Å². The van der Waals surface area contributed by atoms with Gasteiger partial charge in [-0.3, -0.25) is 4.79 Å². The Labute approximate surface area is 308 Å². The fourth-order valence-electron chi connectivity index (χ4n) is 7.45. The van der Waals surface area contributed by atoms with Crippen LogP contribution in [-0.2, 0) is 35.9 Å². The number of methoxy groups -OCH3 is 2. The predicted octanol–water partition coefficient (Wildman–Crippen LogP) is 6.79. The van der Waals surface area contributed by atoms with Crippen molar-refractivity contribution >= 4 is 16.6 Å². The number of carbonyl (C=O) groups excluding carboxylic acids is 1. The summed E-state index contributed by atoms with van der Waals surface area (Å²) in [6.45, 7) is -0.599. The molecule has 0 aliphatic rings. The number of phenols is 3. The zero-order valence-electron chi connectivity index (χ0n) is 29.8. The second-order valence-electron chi connectivity index (χ2n) is 13.6. The molecule has 0 saturated heterocycles. The van der Waals surface area contributed by atoms with E-state index in [4.69, 9.17) is 9.47 Å². The van der Waals surface area contributed by atoms with Gasteiger partial charge in [-0.2, -0.15) is 0 Å². The fourth-order valence-corrected chi connectivity index (χ4v) is 7.45. The summed E-state index contributed by atoms with van der Waals surface area (Å²) >= 11 is 0. The van der Waals surface area contributed by atoms with Crippen LogP contribution < -0.4 is 9.47 Å². The average molecular weight is 716 g/mol. The summed E-state index contributed by atoms with van der Waals surface area (Å²) in [6.07, 6.45) is 3.48. The van der Waals surface area contributed by atoms with E-state index >= 15 is 0 Å². The number of aromatic hydroxyl groups is 3. The fraction of sp³-hybridized carbons (Fsp3) is 0.250. The molecule has 1 aromatic heterocycles. The van der Waals surface area contributed by atoms with Crippen LogP contribution in [0.3, 0.4) is 0 Å². The first-order valence-corrected chi connectivity index (χ1v) is 17.6. The molecule has 0 unspecified atom stereocenters. The van der Waals surface area contributed by atoms with Crippen molar-refractivity contribution in [2.24, 2.45) is 5.92 Å². The largest absolute Gasteiger partial charge is 0.508 e. The van der Waals surface area contributed by atoms with E-state index in [-0.39, 0.29) is 35.8 Å². The van der Waals surface area contributed by atoms with Crippen LogP contribution in [0, 0.1) is 5.92 Å². The van der Waals surface area contributed by atoms with Crippen molar-refractivity contribution in [3.05, 3.63) is 149 Å². The molecule has 5 aromatic carbocycles. The van der Waals surface area contributed by atoms with E-state index in [2.05, 4.69) is 29.2 Å². The molecule has 9 nitrogen and oxygen atoms in total. The molecular formula is C44H45NO8. The molecule has 0 amide bonds. The Hall–Kier alpha value is -5.77. The SMILES string of the molecule is COc1cc(C[C@](CO)(C(=O)C[C@@H](O)[C@H](Cc2cc[nH]c2)Cc2ccc(O)c(OC)c2Cc2cccc3ccccc23)c2cccc(O)c2)ccc1O. The second kappa shape index (κ2) is 16.3. The molecule has 0 aliphatic carbocycles. The Balaban J connectivity index is 1.37. The van der Waals surface area contributed by atoms with Gasteiger partial charge in [0.15, 0.2) is 23.0 Å². The van der Waals surface area contributed by atoms with Crippen molar-refractivity contribution in [3.8, 4) is 28.7 Å². The molecule has 0 bridgehead atoms. The van der Waals surface area contributed by atoms with E-state index in [0.29, 0.717) is 36.1 Å². The average Bonchev–Trinajstić information content (AvgIpc) is 3.68. The lowest BCUT2D eigenvalue weighted by atomic mass is 9.70. The minimum absolute atomic E-state index is 0.00843. The minimum atomic E-state index is -1.54. The van der Waals surface area contributed by atoms with Crippen molar-refractivity contribution in [2.75, 3.05) is 20.8 Å². The number of hydrogen-bond donors (Lipinski definition) is 6. The molecule has 0 radical (unpaired) electrons. The number of fused-ring (bicyclic) bond motifs is 1. The van der Waals surface area contributed by atoms with Crippen molar-refractivity contribution in [1.29, 1.82) is 0 Å². The summed E-state index contributed by atoms with van der Waals surface area (Å²) in [5.74, 6) is -0.436. The van der Waals surface area contributed by atoms with E-state index < -0.39 is 29.8 Å². The van der Waals surface area contributed by atoms with Crippen molar-refractivity contribution in [1.82, 2.24) is 4.98 Å². The highest BCUT2D eigenvalue weighted by Gasteiger charge is 2.42. The van der Waals surface area contributed by atoms with Gasteiger partial charge in [-0.15, -0.1) is 0 Å². The van der Waals surface area contributed by atoms with Gasteiger partial charge < -0.3 is 40.0 Å². The summed E-state index contributed by atoms with van der Waals surface area (Å²) in [5, 5.41) is 56.9. The highest BCUT2D eigenvalue weighted by molar-refractivity contribution is 5.91. The molecule has 6 rings (SSSR count). The molecule has 0 fully saturated rings. The van der Waals surface area contributed by atoms with Crippen molar-refractivity contribution in [3.63, 3.8) is 0 Å². The number of benzene rings is 5. The Morgan fingerprint density at radius 2 is 1.57 bits per heavy atom. The Morgan fingerprint density at radius 1 is 0.792 bits per heavy atom. The van der Waals surface area contributed by atoms with Crippen LogP contribution in [0.5, 0.6) is 28.7 Å². The topological polar surface area (TPSA) is 152 Å². The zero-order valence-corrected chi connectivity index (χ0v) is 29.8. The molecular weight excluding hydrogens is 670 g/mol. The lowest BCUT2D eigenvalue weighted by Gasteiger charge is -2.34. The first-order chi connectivity index (χ1) is 25.6. The van der Waals surface area contributed by atoms with Crippen LogP contribution in [0.25, 0.3) is 10.8 Å². The first kappa shape index (κ1) is 37.0. The van der Waals surface area contributed by atoms with Crippen LogP contribution in [0.4, 0.5) is 0 Å². The number of nitrogens with one attached hydrogen (secondary N) is 1. The number of aromatic nitrogens is 1. The van der Waals surface area contributed by atoms with Gasteiger partial charge in [0, 0.05) is 30.8 Å². The summed E-state index contributed by atoms with van der Waals surface area (Å²) in [4.78, 5) is 17.7. The van der Waals surface area contributed by atoms with Crippen LogP contribution in [0.15, 0.2) is 116 Å². The predicted molar refractivity (Wildman–Crippen MR) is 204 cm³/mol. The smallest absolute Gasteiger partial charge is 0.164 e. The van der Waals surface area contributed by atoms with Crippen LogP contribution in [0.1, 0.15) is 39.8 Å². The molecule has 9 heteroatoms. The van der Waals surface area contributed by atoms with Crippen molar-refractivity contribution < 1.29 is 39.8 Å². The standard InChI is InChI=1S/C44H45NO8/c1-52-41-20-28(13-15-38(41)48)25-44(27-46,34-10-6-11-35(47)23-34)42(51)24-40(50)33(19-29-17-18-45-26-29)21-32-14-16-39(49)43(53-2)37(32)22-31-9-5-8-30-7-3-4-12-36(30)31/h3-18,20,23,26,33,40,45-50H,19,21-22,24-25,27H2,1-2H3/t33-,40-,44-/m1/s1. The highest BCUT2D eigenvalue weighted by atomic mass is 16.5. The van der Waals surface area contributed by atoms with E-state index in [1.54, 1.807) is 30.3 Å². The molecule has 274 valence electrons. The lowest BCUT2D eigenvalue weighted by molar-refractivity contribution is -0.129. The quantitative estimate of drug-likeness (QED) is 0.0641. The number of ketones is 1. The van der Waals surface area contributed by atoms with Crippen LogP contribution in [0.2, 0.25) is 0 Å². The summed E-state index contributed by atoms with van der Waals surface area (Å²) in [5.41, 5.74) is 3.10. The molecule has 0 spiro atoms. The van der Waals surface area contributed by atoms with Gasteiger partial charge in [0.1, 0.15) is 11.5 Å². The normalized spacial score (nSPS) is 13.7. The molecule has 0 aliphatic heterocycles. The molecule has 53 heavy (non-hydrogen) atoms. The second-order valence-corrected chi connectivity index (χ2v) is 13.6. The number of H-pyrrole nitrogens is 1. The Morgan fingerprint density at radius 3 is 2.30 bits per heavy atom. The third-order valence-electron chi connectivity index (χ3n) is 10.3. The maximum atomic E-state index is 14.6. The zero-order chi connectivity index (χ0) is 37.5. The van der Waals surface area contributed by atoms with Gasteiger partial charge in [0.05, 0.1) is 32.3 Å². The number of rotatable bonds is 16. The summed E-state index contributed by atoms with van der Waals surface area (Å²) < 4.78 is 11.1. The van der Waals surface area contributed by atoms with Gasteiger partial charge in [-0.1, -0.05) is 66.7 Å². The van der Waals surface area contributed by atoms with E-state index in [1.807, 2.05) is 42.7 Å². The molecule has 1 heterocycles. The minimum Gasteiger partial charge on any atom is -0.508 e. The Kier molecular flexibility index (Phi) is 11.4. The van der Waals surface area contributed by atoms with Gasteiger partial charge in [0.2, 0.25) is 0 Å². The number of carbonyl (C=O) groups is 1. The van der Waals surface area contributed by atoms with Crippen molar-refractivity contribution in [2.45, 2.75) is 43.6 Å². The maximum absolute atomic E-state index is 14.6. The number of ether oxygens (including phenoxy) is 2.